The zero-order chi connectivity index (χ0) is 19.7. The molecule has 0 unspecified atom stereocenters. The van der Waals surface area contributed by atoms with Crippen LogP contribution in [0.15, 0.2) is 48.5 Å². The van der Waals surface area contributed by atoms with E-state index in [1.54, 1.807) is 30.3 Å². The Morgan fingerprint density at radius 1 is 1.18 bits per heavy atom. The van der Waals surface area contributed by atoms with Crippen LogP contribution in [0.3, 0.4) is 0 Å². The molecular formula is C20H18ClN3O4. The standard InChI is InChI=1S/C20H18ClN3O4/c21-13-8-9-17(28-14-5-2-1-3-6-14)15(11-13)22-18(25)12-24-19(26)16-7-4-10-23(16)20(24)27/h1-3,5-6,8-9,11,16H,4,7,10,12H2,(H,22,25)/t16-/m0/s1. The van der Waals surface area contributed by atoms with Crippen LogP contribution in [0, 0.1) is 0 Å². The van der Waals surface area contributed by atoms with Gasteiger partial charge < -0.3 is 15.0 Å². The second-order valence-corrected chi connectivity index (χ2v) is 7.10. The molecule has 4 rings (SSSR count). The van der Waals surface area contributed by atoms with E-state index in [9.17, 15) is 14.4 Å². The van der Waals surface area contributed by atoms with E-state index < -0.39 is 18.0 Å². The summed E-state index contributed by atoms with van der Waals surface area (Å²) in [5.74, 6) is 0.196. The molecule has 2 aliphatic rings. The van der Waals surface area contributed by atoms with E-state index in [2.05, 4.69) is 5.32 Å². The van der Waals surface area contributed by atoms with Gasteiger partial charge in [0.05, 0.1) is 5.69 Å². The van der Waals surface area contributed by atoms with Gasteiger partial charge in [-0.05, 0) is 43.2 Å². The van der Waals surface area contributed by atoms with Gasteiger partial charge in [0.15, 0.2) is 5.75 Å². The predicted octanol–water partition coefficient (Wildman–Crippen LogP) is 3.50. The molecule has 144 valence electrons. The minimum absolute atomic E-state index is 0.315. The number of halogens is 1. The molecule has 1 atom stereocenters. The molecule has 0 radical (unpaired) electrons. The number of carbonyl (C=O) groups is 3. The van der Waals surface area contributed by atoms with Crippen LogP contribution < -0.4 is 10.1 Å². The van der Waals surface area contributed by atoms with Crippen LogP contribution in [0.1, 0.15) is 12.8 Å². The highest BCUT2D eigenvalue weighted by molar-refractivity contribution is 6.31. The Kier molecular flexibility index (Phi) is 4.92. The lowest BCUT2D eigenvalue weighted by atomic mass is 10.2. The molecule has 0 aromatic heterocycles. The van der Waals surface area contributed by atoms with Crippen LogP contribution in [0.25, 0.3) is 0 Å². The van der Waals surface area contributed by atoms with Crippen LogP contribution in [0.4, 0.5) is 10.5 Å². The number of urea groups is 1. The number of carbonyl (C=O) groups excluding carboxylic acids is 3. The first kappa shape index (κ1) is 18.3. The number of amides is 4. The normalized spacial score (nSPS) is 18.4. The van der Waals surface area contributed by atoms with Crippen molar-refractivity contribution in [3.8, 4) is 11.5 Å². The van der Waals surface area contributed by atoms with Crippen molar-refractivity contribution in [1.29, 1.82) is 0 Å². The van der Waals surface area contributed by atoms with E-state index in [0.29, 0.717) is 35.2 Å². The summed E-state index contributed by atoms with van der Waals surface area (Å²) in [5, 5.41) is 3.11. The first-order valence-electron chi connectivity index (χ1n) is 8.97. The molecule has 2 heterocycles. The van der Waals surface area contributed by atoms with E-state index in [0.717, 1.165) is 11.3 Å². The number of hydrogen-bond acceptors (Lipinski definition) is 4. The molecule has 0 saturated carbocycles. The Bertz CT molecular complexity index is 912. The summed E-state index contributed by atoms with van der Waals surface area (Å²) in [6, 6.07) is 13.1. The number of ether oxygens (including phenoxy) is 1. The number of imide groups is 1. The van der Waals surface area contributed by atoms with E-state index in [1.807, 2.05) is 18.2 Å². The number of benzene rings is 2. The Balaban J connectivity index is 1.48. The zero-order valence-electron chi connectivity index (χ0n) is 14.9. The first-order chi connectivity index (χ1) is 13.5. The minimum atomic E-state index is -0.497. The van der Waals surface area contributed by atoms with Crippen molar-refractivity contribution in [3.05, 3.63) is 53.6 Å². The third kappa shape index (κ3) is 3.53. The van der Waals surface area contributed by atoms with Crippen LogP contribution in [0.2, 0.25) is 5.02 Å². The molecule has 2 saturated heterocycles. The van der Waals surface area contributed by atoms with Crippen LogP contribution in [0.5, 0.6) is 11.5 Å². The largest absolute Gasteiger partial charge is 0.455 e. The number of fused-ring (bicyclic) bond motifs is 1. The highest BCUT2D eigenvalue weighted by atomic mass is 35.5. The van der Waals surface area contributed by atoms with Gasteiger partial charge in [-0.1, -0.05) is 29.8 Å². The smallest absolute Gasteiger partial charge is 0.327 e. The fourth-order valence-corrected chi connectivity index (χ4v) is 3.64. The minimum Gasteiger partial charge on any atom is -0.455 e. The van der Waals surface area contributed by atoms with Crippen molar-refractivity contribution in [3.63, 3.8) is 0 Å². The number of nitrogens with zero attached hydrogens (tertiary/aromatic N) is 2. The molecule has 2 aromatic rings. The van der Waals surface area contributed by atoms with Gasteiger partial charge in [-0.15, -0.1) is 0 Å². The van der Waals surface area contributed by atoms with Gasteiger partial charge in [-0.3, -0.25) is 14.5 Å². The van der Waals surface area contributed by atoms with Crippen molar-refractivity contribution >= 4 is 35.1 Å². The lowest BCUT2D eigenvalue weighted by molar-refractivity contribution is -0.131. The molecule has 2 aromatic carbocycles. The average molecular weight is 400 g/mol. The van der Waals surface area contributed by atoms with E-state index in [4.69, 9.17) is 16.3 Å². The highest BCUT2D eigenvalue weighted by Crippen LogP contribution is 2.32. The maximum Gasteiger partial charge on any atom is 0.327 e. The van der Waals surface area contributed by atoms with Crippen molar-refractivity contribution < 1.29 is 19.1 Å². The predicted molar refractivity (Wildman–Crippen MR) is 103 cm³/mol. The number of para-hydroxylation sites is 1. The average Bonchev–Trinajstić information content (AvgIpc) is 3.25. The molecule has 0 aliphatic carbocycles. The number of anilines is 1. The third-order valence-corrected chi connectivity index (χ3v) is 5.00. The zero-order valence-corrected chi connectivity index (χ0v) is 15.7. The van der Waals surface area contributed by atoms with Crippen LogP contribution in [-0.2, 0) is 9.59 Å². The van der Waals surface area contributed by atoms with Crippen molar-refractivity contribution in [1.82, 2.24) is 9.80 Å². The fourth-order valence-electron chi connectivity index (χ4n) is 3.46. The summed E-state index contributed by atoms with van der Waals surface area (Å²) in [7, 11) is 0. The van der Waals surface area contributed by atoms with Gasteiger partial charge in [0.1, 0.15) is 18.3 Å². The van der Waals surface area contributed by atoms with Gasteiger partial charge in [0, 0.05) is 11.6 Å². The second kappa shape index (κ2) is 7.52. The first-order valence-corrected chi connectivity index (χ1v) is 9.35. The Hall–Kier alpha value is -3.06. The molecule has 0 bridgehead atoms. The van der Waals surface area contributed by atoms with Crippen LogP contribution >= 0.6 is 11.6 Å². The molecule has 2 fully saturated rings. The molecule has 4 amide bonds. The monoisotopic (exact) mass is 399 g/mol. The van der Waals surface area contributed by atoms with E-state index in [-0.39, 0.29) is 12.5 Å². The Labute approximate surface area is 166 Å². The van der Waals surface area contributed by atoms with E-state index >= 15 is 0 Å². The lowest BCUT2D eigenvalue weighted by Crippen LogP contribution is -2.39. The summed E-state index contributed by atoms with van der Waals surface area (Å²) in [6.45, 7) is 0.207. The lowest BCUT2D eigenvalue weighted by Gasteiger charge is -2.16. The summed E-state index contributed by atoms with van der Waals surface area (Å²) < 4.78 is 5.81. The Morgan fingerprint density at radius 3 is 2.71 bits per heavy atom. The number of nitrogens with one attached hydrogen (secondary N) is 1. The molecular weight excluding hydrogens is 382 g/mol. The SMILES string of the molecule is O=C(CN1C(=O)[C@@H]2CCCN2C1=O)Nc1cc(Cl)ccc1Oc1ccccc1. The molecule has 28 heavy (non-hydrogen) atoms. The second-order valence-electron chi connectivity index (χ2n) is 6.66. The van der Waals surface area contributed by atoms with Crippen LogP contribution in [-0.4, -0.2) is 46.8 Å². The summed E-state index contributed by atoms with van der Waals surface area (Å²) in [4.78, 5) is 39.8. The molecule has 2 aliphatic heterocycles. The van der Waals surface area contributed by atoms with Gasteiger partial charge >= 0.3 is 6.03 Å². The molecule has 1 N–H and O–H groups in total. The van der Waals surface area contributed by atoms with Crippen molar-refractivity contribution in [2.45, 2.75) is 18.9 Å². The van der Waals surface area contributed by atoms with Gasteiger partial charge in [-0.2, -0.15) is 0 Å². The molecule has 0 spiro atoms. The number of rotatable bonds is 5. The molecule has 7 nitrogen and oxygen atoms in total. The fraction of sp³-hybridized carbons (Fsp3) is 0.250. The topological polar surface area (TPSA) is 79.0 Å². The maximum atomic E-state index is 12.5. The third-order valence-electron chi connectivity index (χ3n) is 4.77. The van der Waals surface area contributed by atoms with Gasteiger partial charge in [0.25, 0.3) is 5.91 Å². The van der Waals surface area contributed by atoms with Crippen molar-refractivity contribution in [2.24, 2.45) is 0 Å². The molecule has 8 heteroatoms. The quantitative estimate of drug-likeness (QED) is 0.780. The Morgan fingerprint density at radius 2 is 1.96 bits per heavy atom. The van der Waals surface area contributed by atoms with Crippen molar-refractivity contribution in [2.75, 3.05) is 18.4 Å². The maximum absolute atomic E-state index is 12.5. The van der Waals surface area contributed by atoms with Gasteiger partial charge in [0.2, 0.25) is 5.91 Å². The number of hydrogen-bond donors (Lipinski definition) is 1. The van der Waals surface area contributed by atoms with E-state index in [1.165, 1.54) is 4.90 Å². The van der Waals surface area contributed by atoms with Gasteiger partial charge in [-0.25, -0.2) is 4.79 Å². The summed E-state index contributed by atoms with van der Waals surface area (Å²) in [6.07, 6.45) is 1.46. The summed E-state index contributed by atoms with van der Waals surface area (Å²) >= 11 is 6.05. The highest BCUT2D eigenvalue weighted by Gasteiger charge is 2.47. The summed E-state index contributed by atoms with van der Waals surface area (Å²) in [5.41, 5.74) is 0.362.